The second-order valence-corrected chi connectivity index (χ2v) is 7.18. The Morgan fingerprint density at radius 2 is 2.04 bits per heavy atom. The predicted octanol–water partition coefficient (Wildman–Crippen LogP) is 2.71. The smallest absolute Gasteiger partial charge is 0.243 e. The average molecular weight is 356 g/mol. The zero-order valence-electron chi connectivity index (χ0n) is 15.9. The fourth-order valence-electron chi connectivity index (χ4n) is 3.70. The van der Waals surface area contributed by atoms with Crippen LogP contribution in [0.3, 0.4) is 0 Å². The molecule has 1 aromatic carbocycles. The predicted molar refractivity (Wildman–Crippen MR) is 101 cm³/mol. The highest BCUT2D eigenvalue weighted by atomic mass is 16.2. The van der Waals surface area contributed by atoms with E-state index in [1.165, 1.54) is 0 Å². The molecule has 1 fully saturated rings. The molecule has 1 aliphatic heterocycles. The maximum Gasteiger partial charge on any atom is 0.243 e. The molecule has 0 aliphatic carbocycles. The number of likely N-dealkylation sites (tertiary alicyclic amines) is 1. The first kappa shape index (κ1) is 18.4. The molecule has 1 aliphatic rings. The van der Waals surface area contributed by atoms with E-state index in [2.05, 4.69) is 21.8 Å². The number of carbonyl (C=O) groups is 2. The van der Waals surface area contributed by atoms with Crippen molar-refractivity contribution in [3.63, 3.8) is 0 Å². The highest BCUT2D eigenvalue weighted by Crippen LogP contribution is 2.20. The zero-order chi connectivity index (χ0) is 18.7. The molecule has 0 radical (unpaired) electrons. The molecule has 6 nitrogen and oxygen atoms in total. The van der Waals surface area contributed by atoms with Crippen molar-refractivity contribution in [3.05, 3.63) is 30.1 Å². The van der Waals surface area contributed by atoms with Gasteiger partial charge in [-0.05, 0) is 38.3 Å². The molecule has 1 N–H and O–H groups in total. The molecule has 6 heteroatoms. The number of aryl methyl sites for hydroxylation is 1. The van der Waals surface area contributed by atoms with Crippen LogP contribution in [0.1, 0.15) is 45.9 Å². The minimum atomic E-state index is -0.363. The van der Waals surface area contributed by atoms with Crippen molar-refractivity contribution >= 4 is 22.8 Å². The van der Waals surface area contributed by atoms with Crippen molar-refractivity contribution in [2.75, 3.05) is 6.54 Å². The number of para-hydroxylation sites is 2. The maximum absolute atomic E-state index is 12.8. The number of piperidine rings is 1. The summed E-state index contributed by atoms with van der Waals surface area (Å²) in [5.41, 5.74) is 2.02. The van der Waals surface area contributed by atoms with E-state index in [0.29, 0.717) is 13.1 Å². The van der Waals surface area contributed by atoms with Gasteiger partial charge < -0.3 is 14.8 Å². The summed E-state index contributed by atoms with van der Waals surface area (Å²) in [6, 6.07) is 7.63. The van der Waals surface area contributed by atoms with Crippen LogP contribution in [0.25, 0.3) is 11.0 Å². The van der Waals surface area contributed by atoms with Crippen molar-refractivity contribution in [2.24, 2.45) is 5.92 Å². The first-order chi connectivity index (χ1) is 12.5. The lowest BCUT2D eigenvalue weighted by Crippen LogP contribution is -2.52. The van der Waals surface area contributed by atoms with E-state index in [1.807, 2.05) is 38.1 Å². The van der Waals surface area contributed by atoms with Gasteiger partial charge in [-0.15, -0.1) is 0 Å². The fourth-order valence-corrected chi connectivity index (χ4v) is 3.70. The van der Waals surface area contributed by atoms with E-state index in [0.717, 1.165) is 42.7 Å². The molecule has 0 saturated carbocycles. The Morgan fingerprint density at radius 3 is 2.77 bits per heavy atom. The lowest BCUT2D eigenvalue weighted by atomic mass is 9.99. The highest BCUT2D eigenvalue weighted by molar-refractivity contribution is 5.88. The Morgan fingerprint density at radius 1 is 1.27 bits per heavy atom. The average Bonchev–Trinajstić information content (AvgIpc) is 3.02. The Bertz CT molecular complexity index is 796. The molecular formula is C20H28N4O2. The molecule has 0 spiro atoms. The molecule has 1 atom stereocenters. The first-order valence-corrected chi connectivity index (χ1v) is 9.55. The van der Waals surface area contributed by atoms with Gasteiger partial charge in [-0.3, -0.25) is 9.59 Å². The van der Waals surface area contributed by atoms with Crippen LogP contribution in [-0.4, -0.2) is 38.9 Å². The second kappa shape index (κ2) is 7.89. The van der Waals surface area contributed by atoms with Gasteiger partial charge in [0.2, 0.25) is 11.8 Å². The van der Waals surface area contributed by atoms with Crippen LogP contribution in [0.2, 0.25) is 0 Å². The monoisotopic (exact) mass is 356 g/mol. The third-order valence-electron chi connectivity index (χ3n) is 5.05. The van der Waals surface area contributed by atoms with Crippen LogP contribution < -0.4 is 5.32 Å². The highest BCUT2D eigenvalue weighted by Gasteiger charge is 2.33. The number of imidazole rings is 1. The summed E-state index contributed by atoms with van der Waals surface area (Å²) in [5, 5.41) is 3.01. The van der Waals surface area contributed by atoms with Crippen LogP contribution >= 0.6 is 0 Å². The van der Waals surface area contributed by atoms with Gasteiger partial charge in [0, 0.05) is 19.0 Å². The van der Waals surface area contributed by atoms with Gasteiger partial charge in [0.15, 0.2) is 0 Å². The Hall–Kier alpha value is -2.37. The van der Waals surface area contributed by atoms with Crippen molar-refractivity contribution < 1.29 is 9.59 Å². The van der Waals surface area contributed by atoms with Crippen LogP contribution in [-0.2, 0) is 22.7 Å². The molecule has 2 heterocycles. The minimum absolute atomic E-state index is 0.0608. The van der Waals surface area contributed by atoms with Gasteiger partial charge in [-0.25, -0.2) is 4.98 Å². The quantitative estimate of drug-likeness (QED) is 0.896. The van der Waals surface area contributed by atoms with Crippen molar-refractivity contribution in [1.29, 1.82) is 0 Å². The summed E-state index contributed by atoms with van der Waals surface area (Å²) < 4.78 is 2.12. The number of rotatable bonds is 5. The molecule has 3 rings (SSSR count). The third kappa shape index (κ3) is 3.59. The Balaban J connectivity index is 1.72. The summed E-state index contributed by atoms with van der Waals surface area (Å²) in [5.74, 6) is 0.742. The van der Waals surface area contributed by atoms with Gasteiger partial charge in [-0.2, -0.15) is 0 Å². The second-order valence-electron chi connectivity index (χ2n) is 7.18. The lowest BCUT2D eigenvalue weighted by molar-refractivity contribution is -0.144. The number of amides is 2. The van der Waals surface area contributed by atoms with Crippen LogP contribution in [0.4, 0.5) is 0 Å². The van der Waals surface area contributed by atoms with Gasteiger partial charge >= 0.3 is 0 Å². The SMILES string of the molecule is CCn1c(CNC(=O)[C@H]2CCCCN2C(=O)C(C)C)nc2ccccc21. The molecule has 0 bridgehead atoms. The van der Waals surface area contributed by atoms with Gasteiger partial charge in [-0.1, -0.05) is 26.0 Å². The van der Waals surface area contributed by atoms with Crippen LogP contribution in [0, 0.1) is 5.92 Å². The molecule has 1 saturated heterocycles. The molecular weight excluding hydrogens is 328 g/mol. The number of fused-ring (bicyclic) bond motifs is 1. The van der Waals surface area contributed by atoms with Crippen LogP contribution in [0.5, 0.6) is 0 Å². The van der Waals surface area contributed by atoms with Crippen molar-refractivity contribution in [1.82, 2.24) is 19.8 Å². The fraction of sp³-hybridized carbons (Fsp3) is 0.550. The Kier molecular flexibility index (Phi) is 5.59. The number of nitrogens with zero attached hydrogens (tertiary/aromatic N) is 3. The summed E-state index contributed by atoms with van der Waals surface area (Å²) in [4.78, 5) is 31.6. The third-order valence-corrected chi connectivity index (χ3v) is 5.05. The van der Waals surface area contributed by atoms with E-state index < -0.39 is 0 Å². The normalized spacial score (nSPS) is 17.7. The van der Waals surface area contributed by atoms with Gasteiger partial charge in [0.25, 0.3) is 0 Å². The van der Waals surface area contributed by atoms with E-state index in [-0.39, 0.29) is 23.8 Å². The van der Waals surface area contributed by atoms with E-state index in [9.17, 15) is 9.59 Å². The largest absolute Gasteiger partial charge is 0.347 e. The number of benzene rings is 1. The maximum atomic E-state index is 12.8. The lowest BCUT2D eigenvalue weighted by Gasteiger charge is -2.35. The summed E-state index contributed by atoms with van der Waals surface area (Å²) >= 11 is 0. The molecule has 1 aromatic heterocycles. The number of hydrogen-bond acceptors (Lipinski definition) is 3. The molecule has 26 heavy (non-hydrogen) atoms. The number of aromatic nitrogens is 2. The number of carbonyl (C=O) groups excluding carboxylic acids is 2. The van der Waals surface area contributed by atoms with E-state index in [1.54, 1.807) is 4.90 Å². The summed E-state index contributed by atoms with van der Waals surface area (Å²) in [6.45, 7) is 7.69. The molecule has 2 amide bonds. The first-order valence-electron chi connectivity index (χ1n) is 9.55. The summed E-state index contributed by atoms with van der Waals surface area (Å²) in [7, 11) is 0. The number of hydrogen-bond donors (Lipinski definition) is 1. The standard InChI is InChI=1S/C20H28N4O2/c1-4-23-16-10-6-5-9-15(16)22-18(23)13-21-19(25)17-11-7-8-12-24(17)20(26)14(2)3/h5-6,9-10,14,17H,4,7-8,11-13H2,1-3H3,(H,21,25)/t17-/m1/s1. The number of nitrogens with one attached hydrogen (secondary N) is 1. The van der Waals surface area contributed by atoms with Crippen molar-refractivity contribution in [2.45, 2.75) is 59.2 Å². The summed E-state index contributed by atoms with van der Waals surface area (Å²) in [6.07, 6.45) is 2.68. The van der Waals surface area contributed by atoms with Gasteiger partial charge in [0.05, 0.1) is 17.6 Å². The van der Waals surface area contributed by atoms with Gasteiger partial charge in [0.1, 0.15) is 11.9 Å². The molecule has 2 aromatic rings. The van der Waals surface area contributed by atoms with E-state index in [4.69, 9.17) is 0 Å². The van der Waals surface area contributed by atoms with Crippen LogP contribution in [0.15, 0.2) is 24.3 Å². The molecule has 140 valence electrons. The zero-order valence-corrected chi connectivity index (χ0v) is 15.9. The van der Waals surface area contributed by atoms with E-state index >= 15 is 0 Å². The molecule has 0 unspecified atom stereocenters. The topological polar surface area (TPSA) is 67.2 Å². The minimum Gasteiger partial charge on any atom is -0.347 e. The van der Waals surface area contributed by atoms with Crippen molar-refractivity contribution in [3.8, 4) is 0 Å². The Labute approximate surface area is 154 Å².